The normalized spacial score (nSPS) is 25.5. The molecule has 1 aromatic heterocycles. The van der Waals surface area contributed by atoms with E-state index in [1.807, 2.05) is 0 Å². The molecule has 0 unspecified atom stereocenters. The van der Waals surface area contributed by atoms with Crippen molar-refractivity contribution in [2.75, 3.05) is 0 Å². The summed E-state index contributed by atoms with van der Waals surface area (Å²) in [7, 11) is 0. The van der Waals surface area contributed by atoms with Crippen molar-refractivity contribution >= 4 is 17.7 Å². The van der Waals surface area contributed by atoms with Crippen molar-refractivity contribution < 1.29 is 9.53 Å². The smallest absolute Gasteiger partial charge is 0.342 e. The molecule has 1 aliphatic carbocycles. The van der Waals surface area contributed by atoms with E-state index in [9.17, 15) is 14.4 Å². The highest BCUT2D eigenvalue weighted by atomic mass is 32.2. The number of carbonyl (C=O) groups is 1. The first-order chi connectivity index (χ1) is 11.3. The summed E-state index contributed by atoms with van der Waals surface area (Å²) < 4.78 is 5.76. The molecule has 134 valence electrons. The third-order valence-electron chi connectivity index (χ3n) is 4.53. The lowest BCUT2D eigenvalue weighted by Gasteiger charge is -2.37. The summed E-state index contributed by atoms with van der Waals surface area (Å²) in [6.07, 6.45) is 3.03. The van der Waals surface area contributed by atoms with E-state index in [1.54, 1.807) is 6.92 Å². The molecule has 1 aromatic rings. The molecule has 1 saturated carbocycles. The number of nitrogens with one attached hydrogen (secondary N) is 2. The van der Waals surface area contributed by atoms with E-state index < -0.39 is 16.5 Å². The third-order valence-corrected chi connectivity index (χ3v) is 5.58. The minimum atomic E-state index is -0.671. The zero-order chi connectivity index (χ0) is 17.9. The van der Waals surface area contributed by atoms with Crippen LogP contribution in [0.2, 0.25) is 0 Å². The molecule has 0 amide bonds. The lowest BCUT2D eigenvalue weighted by molar-refractivity contribution is -0.154. The third kappa shape index (κ3) is 4.72. The molecule has 0 saturated heterocycles. The Morgan fingerprint density at radius 1 is 1.29 bits per heavy atom. The zero-order valence-electron chi connectivity index (χ0n) is 14.5. The monoisotopic (exact) mass is 355 g/mol. The number of hydrogen-bond acceptors (Lipinski definition) is 6. The maximum Gasteiger partial charge on any atom is 0.342 e. The quantitative estimate of drug-likeness (QED) is 0.618. The van der Waals surface area contributed by atoms with Crippen molar-refractivity contribution in [1.29, 1.82) is 0 Å². The van der Waals surface area contributed by atoms with Gasteiger partial charge < -0.3 is 4.74 Å². The van der Waals surface area contributed by atoms with E-state index in [0.29, 0.717) is 17.8 Å². The minimum absolute atomic E-state index is 0.0523. The first-order valence-corrected chi connectivity index (χ1v) is 9.22. The van der Waals surface area contributed by atoms with Gasteiger partial charge in [0.2, 0.25) is 0 Å². The predicted molar refractivity (Wildman–Crippen MR) is 92.0 cm³/mol. The minimum Gasteiger partial charge on any atom is -0.461 e. The van der Waals surface area contributed by atoms with E-state index >= 15 is 0 Å². The van der Waals surface area contributed by atoms with Crippen LogP contribution in [-0.2, 0) is 9.53 Å². The van der Waals surface area contributed by atoms with Crippen LogP contribution < -0.4 is 11.2 Å². The Balaban J connectivity index is 2.01. The Morgan fingerprint density at radius 3 is 2.62 bits per heavy atom. The van der Waals surface area contributed by atoms with Gasteiger partial charge >= 0.3 is 11.7 Å². The molecule has 0 spiro atoms. The highest BCUT2D eigenvalue weighted by Gasteiger charge is 2.34. The summed E-state index contributed by atoms with van der Waals surface area (Å²) in [5, 5.41) is 5.31. The highest BCUT2D eigenvalue weighted by molar-refractivity contribution is 8.00. The summed E-state index contributed by atoms with van der Waals surface area (Å²) in [5.41, 5.74) is -1.27. The summed E-state index contributed by atoms with van der Waals surface area (Å²) in [6, 6.07) is 0. The Kier molecular flexibility index (Phi) is 6.26. The number of carbonyl (C=O) groups excluding carboxylic acids is 1. The maximum atomic E-state index is 12.4. The van der Waals surface area contributed by atoms with Crippen molar-refractivity contribution in [3.63, 3.8) is 0 Å². The molecule has 24 heavy (non-hydrogen) atoms. The molecular formula is C16H25N3O4S. The van der Waals surface area contributed by atoms with Gasteiger partial charge in [-0.2, -0.15) is 5.10 Å². The van der Waals surface area contributed by atoms with E-state index in [-0.39, 0.29) is 17.1 Å². The van der Waals surface area contributed by atoms with Crippen LogP contribution in [0.5, 0.6) is 0 Å². The largest absolute Gasteiger partial charge is 0.461 e. The predicted octanol–water partition coefficient (Wildman–Crippen LogP) is 1.94. The lowest BCUT2D eigenvalue weighted by Crippen LogP contribution is -2.37. The molecule has 0 radical (unpaired) electrons. The van der Waals surface area contributed by atoms with Crippen LogP contribution in [-0.4, -0.2) is 32.5 Å². The number of rotatable bonds is 5. The van der Waals surface area contributed by atoms with Crippen LogP contribution in [0.25, 0.3) is 0 Å². The average molecular weight is 355 g/mol. The number of nitrogens with zero attached hydrogens (tertiary/aromatic N) is 1. The molecule has 0 aromatic carbocycles. The van der Waals surface area contributed by atoms with Gasteiger partial charge in [-0.05, 0) is 37.5 Å². The van der Waals surface area contributed by atoms with Gasteiger partial charge in [0.1, 0.15) is 11.4 Å². The number of ether oxygens (including phenoxy) is 1. The fourth-order valence-electron chi connectivity index (χ4n) is 3.13. The van der Waals surface area contributed by atoms with Gasteiger partial charge in [0, 0.05) is 0 Å². The van der Waals surface area contributed by atoms with Gasteiger partial charge in [-0.3, -0.25) is 14.6 Å². The standard InChI is InChI=1S/C16H25N3O4S/c1-8(2)11-6-5-9(3)7-12(11)23-15(21)10(4)24-14-13(20)17-16(22)19-18-14/h8-12H,5-7H2,1-4H3,(H2,17,19,20,22)/t9-,10+,11+,12-/m1/s1. The number of aromatic nitrogens is 3. The molecule has 1 fully saturated rings. The van der Waals surface area contributed by atoms with Gasteiger partial charge in [-0.15, -0.1) is 0 Å². The van der Waals surface area contributed by atoms with E-state index in [2.05, 4.69) is 36.0 Å². The lowest BCUT2D eigenvalue weighted by atomic mass is 9.75. The Morgan fingerprint density at radius 2 is 2.00 bits per heavy atom. The Labute approximate surface area is 145 Å². The van der Waals surface area contributed by atoms with E-state index in [0.717, 1.165) is 31.0 Å². The Bertz CT molecular complexity index is 684. The number of esters is 1. The van der Waals surface area contributed by atoms with Crippen molar-refractivity contribution in [2.45, 2.75) is 63.3 Å². The van der Waals surface area contributed by atoms with Crippen LogP contribution in [0.15, 0.2) is 14.6 Å². The fraction of sp³-hybridized carbons (Fsp3) is 0.750. The molecule has 1 aliphatic rings. The Hall–Kier alpha value is -1.57. The fourth-order valence-corrected chi connectivity index (χ4v) is 3.87. The molecule has 0 bridgehead atoms. The molecule has 8 heteroatoms. The zero-order valence-corrected chi connectivity index (χ0v) is 15.3. The summed E-state index contributed by atoms with van der Waals surface area (Å²) in [5.74, 6) is 1.03. The van der Waals surface area contributed by atoms with Crippen molar-refractivity contribution in [1.82, 2.24) is 15.2 Å². The highest BCUT2D eigenvalue weighted by Crippen LogP contribution is 2.36. The molecular weight excluding hydrogens is 330 g/mol. The van der Waals surface area contributed by atoms with Crippen LogP contribution in [0.3, 0.4) is 0 Å². The maximum absolute atomic E-state index is 12.4. The van der Waals surface area contributed by atoms with E-state index in [1.165, 1.54) is 0 Å². The van der Waals surface area contributed by atoms with Crippen LogP contribution >= 0.6 is 11.8 Å². The van der Waals surface area contributed by atoms with Crippen molar-refractivity contribution in [3.05, 3.63) is 20.8 Å². The second kappa shape index (κ2) is 8.00. The van der Waals surface area contributed by atoms with Gasteiger partial charge in [0.15, 0.2) is 5.03 Å². The first-order valence-electron chi connectivity index (χ1n) is 8.34. The molecule has 2 rings (SSSR count). The SMILES string of the molecule is CC(C)[C@@H]1CC[C@@H](C)C[C@H]1OC(=O)[C@H](C)Sc1n[nH]c(=O)[nH]c1=O. The van der Waals surface area contributed by atoms with E-state index in [4.69, 9.17) is 4.74 Å². The number of aromatic amines is 2. The van der Waals surface area contributed by atoms with Crippen LogP contribution in [0.1, 0.15) is 47.0 Å². The molecule has 0 aliphatic heterocycles. The van der Waals surface area contributed by atoms with Gasteiger partial charge in [0.25, 0.3) is 5.56 Å². The number of thioether (sulfide) groups is 1. The van der Waals surface area contributed by atoms with Crippen LogP contribution in [0.4, 0.5) is 0 Å². The second-order valence-corrected chi connectivity index (χ2v) is 8.20. The van der Waals surface area contributed by atoms with Gasteiger partial charge in [-0.1, -0.05) is 39.0 Å². The molecule has 4 atom stereocenters. The van der Waals surface area contributed by atoms with Gasteiger partial charge in [-0.25, -0.2) is 9.89 Å². The number of H-pyrrole nitrogens is 2. The molecule has 1 heterocycles. The van der Waals surface area contributed by atoms with Crippen molar-refractivity contribution in [3.8, 4) is 0 Å². The van der Waals surface area contributed by atoms with Crippen LogP contribution in [0, 0.1) is 17.8 Å². The van der Waals surface area contributed by atoms with Gasteiger partial charge in [0.05, 0.1) is 0 Å². The number of hydrogen-bond donors (Lipinski definition) is 2. The van der Waals surface area contributed by atoms with Crippen molar-refractivity contribution in [2.24, 2.45) is 17.8 Å². The summed E-state index contributed by atoms with van der Waals surface area (Å²) in [6.45, 7) is 8.17. The topological polar surface area (TPSA) is 105 Å². The second-order valence-electron chi connectivity index (χ2n) is 6.87. The molecule has 2 N–H and O–H groups in total. The average Bonchev–Trinajstić information content (AvgIpc) is 2.49. The molecule has 7 nitrogen and oxygen atoms in total. The first kappa shape index (κ1) is 18.8. The summed E-state index contributed by atoms with van der Waals surface area (Å²) in [4.78, 5) is 37.1. The summed E-state index contributed by atoms with van der Waals surface area (Å²) >= 11 is 0.986.